The van der Waals surface area contributed by atoms with Crippen LogP contribution in [0.15, 0.2) is 0 Å². The highest BCUT2D eigenvalue weighted by molar-refractivity contribution is 6.08. The maximum atomic E-state index is 12.9. The molecule has 3 aliphatic rings. The van der Waals surface area contributed by atoms with E-state index in [2.05, 4.69) is 5.32 Å². The fourth-order valence-electron chi connectivity index (χ4n) is 4.76. The van der Waals surface area contributed by atoms with Gasteiger partial charge in [-0.1, -0.05) is 26.2 Å². The number of likely N-dealkylation sites (N-methyl/N-ethyl adjacent to an activating group) is 2. The predicted octanol–water partition coefficient (Wildman–Crippen LogP) is 0.637. The number of carbonyl (C=O) groups excluding carboxylic acids is 3. The Labute approximate surface area is 165 Å². The molecule has 0 bridgehead atoms. The van der Waals surface area contributed by atoms with Crippen LogP contribution in [-0.2, 0) is 14.4 Å². The van der Waals surface area contributed by atoms with Crippen LogP contribution in [0.25, 0.3) is 0 Å². The van der Waals surface area contributed by atoms with Gasteiger partial charge < -0.3 is 15.3 Å². The van der Waals surface area contributed by atoms with E-state index < -0.39 is 17.5 Å². The van der Waals surface area contributed by atoms with Crippen LogP contribution in [0.4, 0.5) is 4.79 Å². The Morgan fingerprint density at radius 2 is 1.86 bits per heavy atom. The molecule has 2 aliphatic carbocycles. The van der Waals surface area contributed by atoms with E-state index in [0.29, 0.717) is 32.2 Å². The Hall–Kier alpha value is -2.16. The largest absolute Gasteiger partial charge is 0.480 e. The molecule has 1 heterocycles. The van der Waals surface area contributed by atoms with Crippen molar-refractivity contribution in [3.8, 4) is 0 Å². The Bertz CT molecular complexity index is 655. The highest BCUT2D eigenvalue weighted by Crippen LogP contribution is 2.39. The van der Waals surface area contributed by atoms with Crippen molar-refractivity contribution in [3.05, 3.63) is 0 Å². The van der Waals surface area contributed by atoms with E-state index in [4.69, 9.17) is 5.11 Å². The molecule has 28 heavy (non-hydrogen) atoms. The zero-order valence-corrected chi connectivity index (χ0v) is 16.6. The van der Waals surface area contributed by atoms with Gasteiger partial charge in [-0.2, -0.15) is 0 Å². The lowest BCUT2D eigenvalue weighted by atomic mass is 9.81. The van der Waals surface area contributed by atoms with Gasteiger partial charge in [0, 0.05) is 19.1 Å². The van der Waals surface area contributed by atoms with Gasteiger partial charge in [-0.05, 0) is 32.2 Å². The van der Waals surface area contributed by atoms with E-state index in [1.165, 1.54) is 4.90 Å². The number of rotatable bonds is 7. The first-order chi connectivity index (χ1) is 13.3. The minimum absolute atomic E-state index is 0.00691. The third kappa shape index (κ3) is 3.72. The van der Waals surface area contributed by atoms with Crippen molar-refractivity contribution in [2.75, 3.05) is 26.7 Å². The zero-order valence-electron chi connectivity index (χ0n) is 16.6. The van der Waals surface area contributed by atoms with Crippen LogP contribution < -0.4 is 5.32 Å². The van der Waals surface area contributed by atoms with Crippen molar-refractivity contribution in [2.24, 2.45) is 0 Å². The van der Waals surface area contributed by atoms with Gasteiger partial charge in [-0.3, -0.25) is 24.2 Å². The Morgan fingerprint density at radius 1 is 1.21 bits per heavy atom. The Morgan fingerprint density at radius 3 is 2.43 bits per heavy atom. The molecule has 0 aromatic heterocycles. The second kappa shape index (κ2) is 8.06. The van der Waals surface area contributed by atoms with Crippen LogP contribution in [-0.4, -0.2) is 87.9 Å². The molecule has 0 radical (unpaired) electrons. The zero-order chi connectivity index (χ0) is 20.5. The minimum atomic E-state index is -0.860. The summed E-state index contributed by atoms with van der Waals surface area (Å²) in [4.78, 5) is 53.3. The first kappa shape index (κ1) is 20.6. The maximum Gasteiger partial charge on any atom is 0.327 e. The van der Waals surface area contributed by atoms with E-state index in [9.17, 15) is 19.2 Å². The summed E-state index contributed by atoms with van der Waals surface area (Å²) in [5.41, 5.74) is -0.768. The van der Waals surface area contributed by atoms with Gasteiger partial charge in [-0.25, -0.2) is 4.79 Å². The second-order valence-corrected chi connectivity index (χ2v) is 8.17. The highest BCUT2D eigenvalue weighted by Gasteiger charge is 2.55. The van der Waals surface area contributed by atoms with E-state index in [1.807, 2.05) is 11.8 Å². The Kier molecular flexibility index (Phi) is 5.92. The monoisotopic (exact) mass is 394 g/mol. The molecule has 0 aromatic carbocycles. The predicted molar refractivity (Wildman–Crippen MR) is 101 cm³/mol. The number of carboxylic acids is 1. The average Bonchev–Trinajstić information content (AvgIpc) is 2.79. The molecule has 0 aromatic rings. The first-order valence-corrected chi connectivity index (χ1v) is 10.1. The van der Waals surface area contributed by atoms with Crippen LogP contribution in [0.3, 0.4) is 0 Å². The molecule has 9 nitrogen and oxygen atoms in total. The third-order valence-corrected chi connectivity index (χ3v) is 6.52. The number of amides is 4. The molecule has 9 heteroatoms. The summed E-state index contributed by atoms with van der Waals surface area (Å²) < 4.78 is 0. The van der Waals surface area contributed by atoms with Crippen molar-refractivity contribution in [1.82, 2.24) is 20.0 Å². The van der Waals surface area contributed by atoms with Crippen molar-refractivity contribution in [1.29, 1.82) is 0 Å². The number of nitrogens with zero attached hydrogens (tertiary/aromatic N) is 3. The van der Waals surface area contributed by atoms with Crippen molar-refractivity contribution >= 4 is 23.8 Å². The van der Waals surface area contributed by atoms with Crippen molar-refractivity contribution < 1.29 is 24.3 Å². The SMILES string of the molecule is CCN(CC(=O)O)C1CC(NC(=O)CN2C(=O)N(C)C3(CCCCC3)C2=O)C1. The lowest BCUT2D eigenvalue weighted by Crippen LogP contribution is -2.56. The van der Waals surface area contributed by atoms with Gasteiger partial charge in [-0.15, -0.1) is 0 Å². The molecule has 156 valence electrons. The molecule has 3 fully saturated rings. The van der Waals surface area contributed by atoms with Gasteiger partial charge in [0.15, 0.2) is 0 Å². The van der Waals surface area contributed by atoms with Crippen molar-refractivity contribution in [2.45, 2.75) is 69.5 Å². The summed E-state index contributed by atoms with van der Waals surface area (Å²) in [6, 6.07) is -0.306. The lowest BCUT2D eigenvalue weighted by Gasteiger charge is -2.42. The van der Waals surface area contributed by atoms with Gasteiger partial charge in [0.05, 0.1) is 6.54 Å². The summed E-state index contributed by atoms with van der Waals surface area (Å²) in [7, 11) is 1.65. The van der Waals surface area contributed by atoms with Crippen LogP contribution in [0, 0.1) is 0 Å². The van der Waals surface area contributed by atoms with Crippen LogP contribution in [0.2, 0.25) is 0 Å². The molecular formula is C19H30N4O5. The standard InChI is InChI=1S/C19H30N4O5/c1-3-22(12-16(25)26)14-9-13(10-14)20-15(24)11-23-17(27)19(21(2)18(23)28)7-5-4-6-8-19/h13-14H,3-12H2,1-2H3,(H,20,24)(H,25,26). The summed E-state index contributed by atoms with van der Waals surface area (Å²) >= 11 is 0. The van der Waals surface area contributed by atoms with E-state index in [-0.39, 0.29) is 37.0 Å². The molecule has 2 saturated carbocycles. The molecular weight excluding hydrogens is 364 g/mol. The Balaban J connectivity index is 1.51. The first-order valence-electron chi connectivity index (χ1n) is 10.1. The number of aliphatic carboxylic acids is 1. The van der Waals surface area contributed by atoms with Crippen LogP contribution in [0.5, 0.6) is 0 Å². The molecule has 1 aliphatic heterocycles. The number of hydrogen-bond donors (Lipinski definition) is 2. The summed E-state index contributed by atoms with van der Waals surface area (Å²) in [6.45, 7) is 2.30. The molecule has 0 unspecified atom stereocenters. The number of carboxylic acid groups (broad SMARTS) is 1. The second-order valence-electron chi connectivity index (χ2n) is 8.17. The normalized spacial score (nSPS) is 26.7. The highest BCUT2D eigenvalue weighted by atomic mass is 16.4. The topological polar surface area (TPSA) is 110 Å². The fourth-order valence-corrected chi connectivity index (χ4v) is 4.76. The average molecular weight is 394 g/mol. The molecule has 0 atom stereocenters. The number of imide groups is 1. The van der Waals surface area contributed by atoms with Gasteiger partial charge >= 0.3 is 12.0 Å². The summed E-state index contributed by atoms with van der Waals surface area (Å²) in [5, 5.41) is 11.8. The number of nitrogens with one attached hydrogen (secondary N) is 1. The smallest absolute Gasteiger partial charge is 0.327 e. The van der Waals surface area contributed by atoms with E-state index in [0.717, 1.165) is 24.2 Å². The maximum absolute atomic E-state index is 12.9. The van der Waals surface area contributed by atoms with Crippen LogP contribution in [0.1, 0.15) is 51.9 Å². The number of hydrogen-bond acceptors (Lipinski definition) is 5. The van der Waals surface area contributed by atoms with E-state index >= 15 is 0 Å². The molecule has 4 amide bonds. The number of carbonyl (C=O) groups is 4. The van der Waals surface area contributed by atoms with Crippen LogP contribution >= 0.6 is 0 Å². The van der Waals surface area contributed by atoms with E-state index in [1.54, 1.807) is 7.05 Å². The lowest BCUT2D eigenvalue weighted by molar-refractivity contribution is -0.139. The quantitative estimate of drug-likeness (QED) is 0.613. The van der Waals surface area contributed by atoms with Gasteiger partial charge in [0.1, 0.15) is 12.1 Å². The number of urea groups is 1. The molecule has 2 N–H and O–H groups in total. The fraction of sp³-hybridized carbons (Fsp3) is 0.789. The minimum Gasteiger partial charge on any atom is -0.480 e. The van der Waals surface area contributed by atoms with Gasteiger partial charge in [0.2, 0.25) is 5.91 Å². The molecule has 1 saturated heterocycles. The summed E-state index contributed by atoms with van der Waals surface area (Å²) in [5.74, 6) is -1.45. The molecule has 3 rings (SSSR count). The van der Waals surface area contributed by atoms with Crippen molar-refractivity contribution in [3.63, 3.8) is 0 Å². The molecule has 1 spiro atoms. The third-order valence-electron chi connectivity index (χ3n) is 6.52. The summed E-state index contributed by atoms with van der Waals surface area (Å²) in [6.07, 6.45) is 5.57. The van der Waals surface area contributed by atoms with Gasteiger partial charge in [0.25, 0.3) is 5.91 Å².